The van der Waals surface area contributed by atoms with Crippen LogP contribution in [0.4, 0.5) is 0 Å². The van der Waals surface area contributed by atoms with Gasteiger partial charge in [-0.2, -0.15) is 0 Å². The zero-order valence-electron chi connectivity index (χ0n) is 13.1. The van der Waals surface area contributed by atoms with Crippen molar-refractivity contribution in [3.63, 3.8) is 0 Å². The number of aliphatic hydroxyl groups excluding tert-OH is 4. The SMILES string of the molecule is NC1CCCCC1.O.O=P(O)(O)O[C@H]1OC(CO)[C@@H](O)C(O)C1O. The lowest BCUT2D eigenvalue weighted by atomic mass is 9.97. The van der Waals surface area contributed by atoms with E-state index in [1.54, 1.807) is 0 Å². The van der Waals surface area contributed by atoms with Crippen LogP contribution in [0.25, 0.3) is 0 Å². The summed E-state index contributed by atoms with van der Waals surface area (Å²) in [5, 5.41) is 36.6. The topological polar surface area (TPSA) is 214 Å². The second-order valence-electron chi connectivity index (χ2n) is 5.69. The van der Waals surface area contributed by atoms with Crippen LogP contribution in [-0.4, -0.2) is 79.0 Å². The maximum atomic E-state index is 10.5. The third kappa shape index (κ3) is 7.81. The van der Waals surface area contributed by atoms with Crippen LogP contribution in [-0.2, 0) is 13.8 Å². The van der Waals surface area contributed by atoms with Crippen molar-refractivity contribution in [2.24, 2.45) is 5.73 Å². The second-order valence-corrected chi connectivity index (χ2v) is 6.88. The molecule has 1 saturated heterocycles. The van der Waals surface area contributed by atoms with Gasteiger partial charge in [0.1, 0.15) is 24.4 Å². The molecule has 146 valence electrons. The molecule has 1 saturated carbocycles. The summed E-state index contributed by atoms with van der Waals surface area (Å²) in [5.74, 6) is 0. The predicted molar refractivity (Wildman–Crippen MR) is 81.6 cm³/mol. The molecule has 3 unspecified atom stereocenters. The van der Waals surface area contributed by atoms with Gasteiger partial charge in [0.25, 0.3) is 0 Å². The third-order valence-corrected chi connectivity index (χ3v) is 4.22. The molecule has 12 heteroatoms. The number of rotatable bonds is 3. The maximum absolute atomic E-state index is 10.5. The lowest BCUT2D eigenvalue weighted by Gasteiger charge is -2.39. The fourth-order valence-corrected chi connectivity index (χ4v) is 2.87. The van der Waals surface area contributed by atoms with Gasteiger partial charge in [-0.05, 0) is 12.8 Å². The first-order valence-electron chi connectivity index (χ1n) is 7.45. The average Bonchev–Trinajstić information content (AvgIpc) is 2.48. The van der Waals surface area contributed by atoms with E-state index in [-0.39, 0.29) is 5.48 Å². The van der Waals surface area contributed by atoms with E-state index in [0.717, 1.165) is 0 Å². The Morgan fingerprint density at radius 1 is 1.04 bits per heavy atom. The van der Waals surface area contributed by atoms with Crippen molar-refractivity contribution in [3.05, 3.63) is 0 Å². The standard InChI is InChI=1S/C6H13N.C6H13O9P.H2O/c7-6-4-2-1-3-5-6;7-1-2-3(8)4(9)5(10)6(14-2)15-16(11,12)13;/h6H,1-5,7H2;2-10H,1H2,(H2,11,12,13);1H2/t;2?,3-,4?,5?,6-;/m.1./s1. The number of ether oxygens (including phenoxy) is 1. The minimum atomic E-state index is -4.91. The van der Waals surface area contributed by atoms with Crippen LogP contribution < -0.4 is 5.73 Å². The fourth-order valence-electron chi connectivity index (χ4n) is 2.42. The minimum Gasteiger partial charge on any atom is -0.412 e. The molecule has 10 N–H and O–H groups in total. The first-order valence-corrected chi connectivity index (χ1v) is 8.98. The van der Waals surface area contributed by atoms with Crippen molar-refractivity contribution < 1.29 is 49.5 Å². The molecule has 0 spiro atoms. The molecule has 11 nitrogen and oxygen atoms in total. The van der Waals surface area contributed by atoms with E-state index in [9.17, 15) is 19.9 Å². The van der Waals surface area contributed by atoms with E-state index in [1.165, 1.54) is 32.1 Å². The number of nitrogens with two attached hydrogens (primary N) is 1. The monoisotopic (exact) mass is 377 g/mol. The molecule has 24 heavy (non-hydrogen) atoms. The average molecular weight is 377 g/mol. The van der Waals surface area contributed by atoms with Crippen LogP contribution in [0.15, 0.2) is 0 Å². The molecule has 0 aromatic heterocycles. The number of hydrogen-bond acceptors (Lipinski definition) is 8. The maximum Gasteiger partial charge on any atom is 0.472 e. The number of phosphoric ester groups is 1. The summed E-state index contributed by atoms with van der Waals surface area (Å²) < 4.78 is 19.2. The number of hydrogen-bond donors (Lipinski definition) is 7. The molecular weight excluding hydrogens is 349 g/mol. The van der Waals surface area contributed by atoms with Crippen molar-refractivity contribution in [1.82, 2.24) is 0 Å². The number of phosphoric acid groups is 1. The summed E-state index contributed by atoms with van der Waals surface area (Å²) in [6.45, 7) is -0.702. The van der Waals surface area contributed by atoms with Crippen LogP contribution in [0.1, 0.15) is 32.1 Å². The highest BCUT2D eigenvalue weighted by Gasteiger charge is 2.46. The Morgan fingerprint density at radius 2 is 1.58 bits per heavy atom. The van der Waals surface area contributed by atoms with Crippen LogP contribution in [0.5, 0.6) is 0 Å². The Bertz CT molecular complexity index is 386. The smallest absolute Gasteiger partial charge is 0.412 e. The quantitative estimate of drug-likeness (QED) is 0.253. The predicted octanol–water partition coefficient (Wildman–Crippen LogP) is -2.65. The van der Waals surface area contributed by atoms with Gasteiger partial charge in [-0.25, -0.2) is 4.57 Å². The summed E-state index contributed by atoms with van der Waals surface area (Å²) >= 11 is 0. The molecule has 0 aromatic carbocycles. The van der Waals surface area contributed by atoms with Crippen molar-refractivity contribution in [2.75, 3.05) is 6.61 Å². The van der Waals surface area contributed by atoms with Crippen LogP contribution in [0, 0.1) is 0 Å². The van der Waals surface area contributed by atoms with E-state index >= 15 is 0 Å². The summed E-state index contributed by atoms with van der Waals surface area (Å²) in [6, 6.07) is 0.536. The van der Waals surface area contributed by atoms with Gasteiger partial charge >= 0.3 is 7.82 Å². The summed E-state index contributed by atoms with van der Waals surface area (Å²) in [6.07, 6.45) is -1.59. The molecule has 5 atom stereocenters. The van der Waals surface area contributed by atoms with E-state index < -0.39 is 45.1 Å². The first kappa shape index (κ1) is 23.8. The lowest BCUT2D eigenvalue weighted by Crippen LogP contribution is -2.58. The largest absolute Gasteiger partial charge is 0.472 e. The van der Waals surface area contributed by atoms with Gasteiger partial charge < -0.3 is 46.2 Å². The van der Waals surface area contributed by atoms with E-state index in [4.69, 9.17) is 20.6 Å². The van der Waals surface area contributed by atoms with Crippen LogP contribution in [0.3, 0.4) is 0 Å². The third-order valence-electron chi connectivity index (χ3n) is 3.74. The molecule has 0 amide bonds. The molecule has 0 radical (unpaired) electrons. The van der Waals surface area contributed by atoms with E-state index in [2.05, 4.69) is 9.26 Å². The van der Waals surface area contributed by atoms with Gasteiger partial charge in [0.05, 0.1) is 6.61 Å². The minimum absolute atomic E-state index is 0. The van der Waals surface area contributed by atoms with Crippen molar-refractivity contribution >= 4 is 7.82 Å². The van der Waals surface area contributed by atoms with Crippen molar-refractivity contribution in [1.29, 1.82) is 0 Å². The zero-order valence-corrected chi connectivity index (χ0v) is 14.0. The van der Waals surface area contributed by atoms with Gasteiger partial charge in [-0.1, -0.05) is 19.3 Å². The van der Waals surface area contributed by atoms with Gasteiger partial charge in [0.15, 0.2) is 6.29 Å². The molecule has 2 aliphatic rings. The Morgan fingerprint density at radius 3 is 1.96 bits per heavy atom. The fraction of sp³-hybridized carbons (Fsp3) is 1.00. The Balaban J connectivity index is 0.000000555. The normalized spacial score (nSPS) is 34.7. The van der Waals surface area contributed by atoms with E-state index in [0.29, 0.717) is 6.04 Å². The Hall–Kier alpha value is -0.170. The summed E-state index contributed by atoms with van der Waals surface area (Å²) in [4.78, 5) is 17.0. The Kier molecular flexibility index (Phi) is 10.7. The second kappa shape index (κ2) is 10.7. The summed E-state index contributed by atoms with van der Waals surface area (Å²) in [7, 11) is -4.91. The highest BCUT2D eigenvalue weighted by atomic mass is 31.2. The van der Waals surface area contributed by atoms with Gasteiger partial charge in [0.2, 0.25) is 0 Å². The van der Waals surface area contributed by atoms with Crippen molar-refractivity contribution in [3.8, 4) is 0 Å². The first-order chi connectivity index (χ1) is 10.7. The molecule has 2 rings (SSSR count). The highest BCUT2D eigenvalue weighted by molar-refractivity contribution is 7.46. The molecule has 0 bridgehead atoms. The number of aliphatic hydroxyl groups is 4. The van der Waals surface area contributed by atoms with Crippen LogP contribution in [0.2, 0.25) is 0 Å². The molecule has 2 fully saturated rings. The van der Waals surface area contributed by atoms with Gasteiger partial charge in [-0.15, -0.1) is 0 Å². The molecule has 1 aliphatic heterocycles. The molecule has 0 aromatic rings. The van der Waals surface area contributed by atoms with Crippen LogP contribution >= 0.6 is 7.82 Å². The zero-order chi connectivity index (χ0) is 17.6. The lowest BCUT2D eigenvalue weighted by molar-refractivity contribution is -0.280. The summed E-state index contributed by atoms with van der Waals surface area (Å²) in [5.41, 5.74) is 5.63. The highest BCUT2D eigenvalue weighted by Crippen LogP contribution is 2.40. The molecular formula is C12H28NO10P. The van der Waals surface area contributed by atoms with E-state index in [1.807, 2.05) is 0 Å². The van der Waals surface area contributed by atoms with Gasteiger partial charge in [-0.3, -0.25) is 4.52 Å². The van der Waals surface area contributed by atoms with Gasteiger partial charge in [0, 0.05) is 6.04 Å². The van der Waals surface area contributed by atoms with Crippen molar-refractivity contribution in [2.45, 2.75) is 68.9 Å². The molecule has 1 heterocycles. The Labute approximate surface area is 139 Å². The molecule has 1 aliphatic carbocycles.